The van der Waals surface area contributed by atoms with E-state index in [1.165, 1.54) is 33.6 Å². The molecule has 114 valence electrons. The van der Waals surface area contributed by atoms with Crippen molar-refractivity contribution in [2.45, 2.75) is 54.0 Å². The molecular formula is C18H27N3. The highest BCUT2D eigenvalue weighted by molar-refractivity contribution is 5.50. The van der Waals surface area contributed by atoms with Gasteiger partial charge in [-0.1, -0.05) is 31.5 Å². The van der Waals surface area contributed by atoms with Crippen LogP contribution in [-0.2, 0) is 13.0 Å². The fourth-order valence-corrected chi connectivity index (χ4v) is 3.03. The minimum Gasteiger partial charge on any atom is -0.313 e. The molecule has 2 rings (SSSR count). The van der Waals surface area contributed by atoms with Crippen LogP contribution in [0.5, 0.6) is 0 Å². The van der Waals surface area contributed by atoms with Gasteiger partial charge in [0.1, 0.15) is 0 Å². The van der Waals surface area contributed by atoms with Gasteiger partial charge in [-0.25, -0.2) is 4.68 Å². The number of aryl methyl sites for hydroxylation is 3. The van der Waals surface area contributed by atoms with E-state index in [0.717, 1.165) is 25.9 Å². The minimum atomic E-state index is 0.904. The summed E-state index contributed by atoms with van der Waals surface area (Å²) >= 11 is 0. The molecule has 1 aromatic carbocycles. The molecule has 1 aromatic heterocycles. The lowest BCUT2D eigenvalue weighted by atomic mass is 10.0. The molecule has 0 bridgehead atoms. The molecule has 0 saturated heterocycles. The second-order valence-electron chi connectivity index (χ2n) is 5.81. The van der Waals surface area contributed by atoms with E-state index in [1.807, 2.05) is 6.20 Å². The molecule has 0 aliphatic carbocycles. The molecule has 21 heavy (non-hydrogen) atoms. The van der Waals surface area contributed by atoms with Crippen LogP contribution in [0, 0.1) is 20.8 Å². The van der Waals surface area contributed by atoms with Crippen LogP contribution in [0.3, 0.4) is 0 Å². The second kappa shape index (κ2) is 6.90. The molecule has 0 aliphatic rings. The second-order valence-corrected chi connectivity index (χ2v) is 5.81. The van der Waals surface area contributed by atoms with Crippen molar-refractivity contribution < 1.29 is 0 Å². The lowest BCUT2D eigenvalue weighted by Crippen LogP contribution is -2.15. The lowest BCUT2D eigenvalue weighted by molar-refractivity contribution is 0.669. The number of hydrogen-bond donors (Lipinski definition) is 1. The van der Waals surface area contributed by atoms with Gasteiger partial charge in [-0.05, 0) is 51.3 Å². The van der Waals surface area contributed by atoms with E-state index in [-0.39, 0.29) is 0 Å². The van der Waals surface area contributed by atoms with Crippen molar-refractivity contribution in [2.24, 2.45) is 0 Å². The monoisotopic (exact) mass is 285 g/mol. The number of benzene rings is 1. The Morgan fingerprint density at radius 2 is 1.76 bits per heavy atom. The number of nitrogens with one attached hydrogen (secondary N) is 1. The largest absolute Gasteiger partial charge is 0.313 e. The Morgan fingerprint density at radius 3 is 2.33 bits per heavy atom. The number of nitrogens with zero attached hydrogens (tertiary/aromatic N) is 2. The van der Waals surface area contributed by atoms with Crippen LogP contribution in [0.2, 0.25) is 0 Å². The molecule has 0 aliphatic heterocycles. The molecule has 3 heteroatoms. The average molecular weight is 285 g/mol. The van der Waals surface area contributed by atoms with Gasteiger partial charge in [-0.15, -0.1) is 0 Å². The molecule has 0 amide bonds. The fraction of sp³-hybridized carbons (Fsp3) is 0.500. The summed E-state index contributed by atoms with van der Waals surface area (Å²) in [5, 5.41) is 8.14. The molecule has 0 spiro atoms. The third-order valence-electron chi connectivity index (χ3n) is 3.88. The fourth-order valence-electron chi connectivity index (χ4n) is 3.03. The number of hydrogen-bond acceptors (Lipinski definition) is 2. The molecular weight excluding hydrogens is 258 g/mol. The summed E-state index contributed by atoms with van der Waals surface area (Å²) in [7, 11) is 0. The first-order chi connectivity index (χ1) is 10.1. The zero-order valence-electron chi connectivity index (χ0n) is 14.0. The predicted molar refractivity (Wildman–Crippen MR) is 89.2 cm³/mol. The van der Waals surface area contributed by atoms with E-state index in [1.54, 1.807) is 0 Å². The van der Waals surface area contributed by atoms with Gasteiger partial charge in [0.15, 0.2) is 0 Å². The molecule has 0 fully saturated rings. The van der Waals surface area contributed by atoms with Crippen LogP contribution in [0.15, 0.2) is 18.3 Å². The molecule has 1 N–H and O–H groups in total. The summed E-state index contributed by atoms with van der Waals surface area (Å²) in [6.45, 7) is 12.8. The Morgan fingerprint density at radius 1 is 1.10 bits per heavy atom. The Hall–Kier alpha value is -1.61. The maximum absolute atomic E-state index is 4.66. The Labute approximate surface area is 128 Å². The highest BCUT2D eigenvalue weighted by atomic mass is 15.3. The maximum atomic E-state index is 4.66. The van der Waals surface area contributed by atoms with Crippen LogP contribution in [0.25, 0.3) is 5.69 Å². The third-order valence-corrected chi connectivity index (χ3v) is 3.88. The van der Waals surface area contributed by atoms with Crippen molar-refractivity contribution in [1.29, 1.82) is 0 Å². The summed E-state index contributed by atoms with van der Waals surface area (Å²) in [5.41, 5.74) is 7.75. The van der Waals surface area contributed by atoms with Crippen molar-refractivity contribution in [3.05, 3.63) is 46.3 Å². The first kappa shape index (κ1) is 15.8. The van der Waals surface area contributed by atoms with E-state index in [0.29, 0.717) is 0 Å². The van der Waals surface area contributed by atoms with E-state index < -0.39 is 0 Å². The molecule has 0 atom stereocenters. The third kappa shape index (κ3) is 3.35. The van der Waals surface area contributed by atoms with Gasteiger partial charge in [0.2, 0.25) is 0 Å². The van der Waals surface area contributed by atoms with E-state index in [9.17, 15) is 0 Å². The Balaban J connectivity index is 2.41. The van der Waals surface area contributed by atoms with Gasteiger partial charge in [0.25, 0.3) is 0 Å². The predicted octanol–water partition coefficient (Wildman–Crippen LogP) is 3.86. The summed E-state index contributed by atoms with van der Waals surface area (Å²) in [4.78, 5) is 0. The summed E-state index contributed by atoms with van der Waals surface area (Å²) in [6, 6.07) is 4.47. The normalized spacial score (nSPS) is 11.1. The van der Waals surface area contributed by atoms with Crippen molar-refractivity contribution in [2.75, 3.05) is 6.54 Å². The molecule has 0 radical (unpaired) electrons. The molecule has 0 unspecified atom stereocenters. The van der Waals surface area contributed by atoms with Crippen LogP contribution in [0.4, 0.5) is 0 Å². The molecule has 1 heterocycles. The maximum Gasteiger partial charge on any atom is 0.0707 e. The molecule has 2 aromatic rings. The summed E-state index contributed by atoms with van der Waals surface area (Å²) < 4.78 is 2.13. The smallest absolute Gasteiger partial charge is 0.0707 e. The van der Waals surface area contributed by atoms with E-state index in [2.05, 4.69) is 61.8 Å². The zero-order chi connectivity index (χ0) is 15.4. The highest BCUT2D eigenvalue weighted by Gasteiger charge is 2.14. The first-order valence-electron chi connectivity index (χ1n) is 7.93. The van der Waals surface area contributed by atoms with Crippen molar-refractivity contribution in [3.8, 4) is 5.69 Å². The quantitative estimate of drug-likeness (QED) is 0.817. The SMILES string of the molecule is CCCNCc1cnn(-c2c(C)cc(C)cc2C)c1CC. The standard InChI is InChI=1S/C18H27N3/c1-6-8-19-11-16-12-20-21(17(16)7-2)18-14(4)9-13(3)10-15(18)5/h9-10,12,19H,6-8,11H2,1-5H3. The van der Waals surface area contributed by atoms with Gasteiger partial charge in [-0.3, -0.25) is 0 Å². The number of rotatable bonds is 6. The first-order valence-corrected chi connectivity index (χ1v) is 7.93. The Bertz CT molecular complexity index is 588. The minimum absolute atomic E-state index is 0.904. The van der Waals surface area contributed by atoms with Crippen LogP contribution in [-0.4, -0.2) is 16.3 Å². The van der Waals surface area contributed by atoms with Crippen molar-refractivity contribution in [3.63, 3.8) is 0 Å². The number of aromatic nitrogens is 2. The van der Waals surface area contributed by atoms with Gasteiger partial charge in [-0.2, -0.15) is 5.10 Å². The average Bonchev–Trinajstić information content (AvgIpc) is 2.81. The van der Waals surface area contributed by atoms with Crippen LogP contribution in [0.1, 0.15) is 48.2 Å². The summed E-state index contributed by atoms with van der Waals surface area (Å²) in [6.07, 6.45) is 4.17. The van der Waals surface area contributed by atoms with E-state index >= 15 is 0 Å². The molecule has 3 nitrogen and oxygen atoms in total. The van der Waals surface area contributed by atoms with Crippen molar-refractivity contribution in [1.82, 2.24) is 15.1 Å². The topological polar surface area (TPSA) is 29.9 Å². The van der Waals surface area contributed by atoms with Crippen molar-refractivity contribution >= 4 is 0 Å². The van der Waals surface area contributed by atoms with Gasteiger partial charge < -0.3 is 5.32 Å². The van der Waals surface area contributed by atoms with Crippen LogP contribution >= 0.6 is 0 Å². The molecule has 0 saturated carbocycles. The Kier molecular flexibility index (Phi) is 5.18. The van der Waals surface area contributed by atoms with E-state index in [4.69, 9.17) is 0 Å². The lowest BCUT2D eigenvalue weighted by Gasteiger charge is -2.14. The summed E-state index contributed by atoms with van der Waals surface area (Å²) in [5.74, 6) is 0. The highest BCUT2D eigenvalue weighted by Crippen LogP contribution is 2.23. The van der Waals surface area contributed by atoms with Crippen LogP contribution < -0.4 is 5.32 Å². The van der Waals surface area contributed by atoms with Gasteiger partial charge >= 0.3 is 0 Å². The van der Waals surface area contributed by atoms with Gasteiger partial charge in [0.05, 0.1) is 11.9 Å². The van der Waals surface area contributed by atoms with Gasteiger partial charge in [0, 0.05) is 17.8 Å². The zero-order valence-corrected chi connectivity index (χ0v) is 14.0.